The Morgan fingerprint density at radius 3 is 2.61 bits per heavy atom. The number of benzene rings is 2. The van der Waals surface area contributed by atoms with Crippen LogP contribution in [-0.2, 0) is 0 Å². The van der Waals surface area contributed by atoms with Crippen molar-refractivity contribution in [2.45, 2.75) is 0 Å². The highest BCUT2D eigenvalue weighted by Gasteiger charge is 2.13. The molecule has 0 aliphatic heterocycles. The van der Waals surface area contributed by atoms with Crippen LogP contribution in [-0.4, -0.2) is 11.0 Å². The number of hydrogen-bond donors (Lipinski definition) is 3. The van der Waals surface area contributed by atoms with Crippen LogP contribution in [0, 0.1) is 5.41 Å². The van der Waals surface area contributed by atoms with Crippen molar-refractivity contribution in [1.82, 2.24) is 0 Å². The lowest BCUT2D eigenvalue weighted by Crippen LogP contribution is -2.20. The average molecular weight is 349 g/mol. The number of aromatic hydroxyl groups is 1. The first-order valence-corrected chi connectivity index (χ1v) is 7.27. The van der Waals surface area contributed by atoms with Crippen LogP contribution in [0.3, 0.4) is 0 Å². The van der Waals surface area contributed by atoms with E-state index in [0.717, 1.165) is 0 Å². The summed E-state index contributed by atoms with van der Waals surface area (Å²) in [7, 11) is 0. The van der Waals surface area contributed by atoms with Crippen molar-refractivity contribution in [3.05, 3.63) is 63.6 Å². The number of phenols is 1. The van der Waals surface area contributed by atoms with Gasteiger partial charge < -0.3 is 14.8 Å². The fourth-order valence-electron chi connectivity index (χ4n) is 2.06. The molecule has 7 heteroatoms. The van der Waals surface area contributed by atoms with Gasteiger partial charge in [-0.15, -0.1) is 0 Å². The van der Waals surface area contributed by atoms with E-state index in [9.17, 15) is 9.90 Å². The number of nitrogens with one attached hydrogen (secondary N) is 2. The standard InChI is InChI=1S/C16H10Cl2N2O3/c17-12-4-2-9(6-13(12)18)20-16(22)11-5-8-1-3-10(21)7-14(8)23-15(11)19/h1-7,19,21H,(H,20,22). The summed E-state index contributed by atoms with van der Waals surface area (Å²) in [6, 6.07) is 10.7. The molecule has 0 bridgehead atoms. The second kappa shape index (κ2) is 5.95. The van der Waals surface area contributed by atoms with Gasteiger partial charge in [-0.05, 0) is 36.4 Å². The van der Waals surface area contributed by atoms with Crippen molar-refractivity contribution in [3.8, 4) is 5.75 Å². The Morgan fingerprint density at radius 1 is 1.09 bits per heavy atom. The Hall–Kier alpha value is -2.50. The van der Waals surface area contributed by atoms with Gasteiger partial charge in [0.1, 0.15) is 16.9 Å². The molecular formula is C16H10Cl2N2O3. The summed E-state index contributed by atoms with van der Waals surface area (Å²) in [5, 5.41) is 21.2. The molecule has 0 aliphatic rings. The van der Waals surface area contributed by atoms with Crippen molar-refractivity contribution >= 4 is 45.8 Å². The van der Waals surface area contributed by atoms with Crippen molar-refractivity contribution in [2.75, 3.05) is 5.32 Å². The Labute approximate surface area is 140 Å². The maximum absolute atomic E-state index is 12.3. The molecule has 0 saturated carbocycles. The first kappa shape index (κ1) is 15.4. The Balaban J connectivity index is 1.97. The van der Waals surface area contributed by atoms with Gasteiger partial charge in [0.25, 0.3) is 5.91 Å². The van der Waals surface area contributed by atoms with Crippen molar-refractivity contribution in [1.29, 1.82) is 5.41 Å². The van der Waals surface area contributed by atoms with E-state index in [1.165, 1.54) is 24.3 Å². The number of phenolic OH excluding ortho intramolecular Hbond substituents is 1. The third-order valence-electron chi connectivity index (χ3n) is 3.18. The number of halogens is 2. The zero-order chi connectivity index (χ0) is 16.6. The summed E-state index contributed by atoms with van der Waals surface area (Å²) in [6.45, 7) is 0. The highest BCUT2D eigenvalue weighted by molar-refractivity contribution is 6.42. The summed E-state index contributed by atoms with van der Waals surface area (Å²) < 4.78 is 5.27. The number of hydrogen-bond acceptors (Lipinski definition) is 4. The average Bonchev–Trinajstić information content (AvgIpc) is 2.50. The Bertz CT molecular complexity index is 983. The first-order chi connectivity index (χ1) is 10.9. The van der Waals surface area contributed by atoms with Crippen LogP contribution in [0.5, 0.6) is 5.75 Å². The SMILES string of the molecule is N=c1oc2cc(O)ccc2cc1C(=O)Nc1ccc(Cl)c(Cl)c1. The van der Waals surface area contributed by atoms with Gasteiger partial charge in [0.05, 0.1) is 10.0 Å². The van der Waals surface area contributed by atoms with E-state index < -0.39 is 5.91 Å². The lowest BCUT2D eigenvalue weighted by atomic mass is 10.1. The smallest absolute Gasteiger partial charge is 0.261 e. The zero-order valence-electron chi connectivity index (χ0n) is 11.6. The quantitative estimate of drug-likeness (QED) is 0.649. The van der Waals surface area contributed by atoms with E-state index in [-0.39, 0.29) is 16.9 Å². The molecule has 0 spiro atoms. The number of carbonyl (C=O) groups excluding carboxylic acids is 1. The van der Waals surface area contributed by atoms with Gasteiger partial charge in [-0.3, -0.25) is 10.2 Å². The third kappa shape index (κ3) is 3.16. The minimum absolute atomic E-state index is 0.0219. The fourth-order valence-corrected chi connectivity index (χ4v) is 2.36. The molecule has 3 aromatic rings. The van der Waals surface area contributed by atoms with E-state index >= 15 is 0 Å². The molecule has 1 amide bonds. The van der Waals surface area contributed by atoms with E-state index in [4.69, 9.17) is 33.0 Å². The molecule has 3 N–H and O–H groups in total. The third-order valence-corrected chi connectivity index (χ3v) is 3.91. The van der Waals surface area contributed by atoms with Gasteiger partial charge in [-0.25, -0.2) is 0 Å². The highest BCUT2D eigenvalue weighted by Crippen LogP contribution is 2.25. The lowest BCUT2D eigenvalue weighted by molar-refractivity contribution is 0.102. The highest BCUT2D eigenvalue weighted by atomic mass is 35.5. The van der Waals surface area contributed by atoms with Gasteiger partial charge in [0.15, 0.2) is 0 Å². The van der Waals surface area contributed by atoms with Crippen LogP contribution in [0.15, 0.2) is 46.9 Å². The number of carbonyl (C=O) groups is 1. The molecule has 116 valence electrons. The van der Waals surface area contributed by atoms with E-state index in [1.807, 2.05) is 0 Å². The maximum atomic E-state index is 12.3. The topological polar surface area (TPSA) is 86.3 Å². The monoisotopic (exact) mass is 348 g/mol. The molecular weight excluding hydrogens is 339 g/mol. The number of rotatable bonds is 2. The molecule has 0 aliphatic carbocycles. The van der Waals surface area contributed by atoms with Gasteiger partial charge in [0, 0.05) is 17.1 Å². The number of amides is 1. The molecule has 5 nitrogen and oxygen atoms in total. The van der Waals surface area contributed by atoms with Crippen molar-refractivity contribution in [3.63, 3.8) is 0 Å². The summed E-state index contributed by atoms with van der Waals surface area (Å²) in [5.74, 6) is -0.485. The second-order valence-corrected chi connectivity index (χ2v) is 5.61. The minimum atomic E-state index is -0.507. The normalized spacial score (nSPS) is 10.7. The molecule has 0 fully saturated rings. The largest absolute Gasteiger partial charge is 0.508 e. The minimum Gasteiger partial charge on any atom is -0.508 e. The molecule has 1 heterocycles. The van der Waals surface area contributed by atoms with E-state index in [0.29, 0.717) is 26.7 Å². The molecule has 23 heavy (non-hydrogen) atoms. The molecule has 0 radical (unpaired) electrons. The second-order valence-electron chi connectivity index (χ2n) is 4.79. The van der Waals surface area contributed by atoms with Crippen LogP contribution in [0.1, 0.15) is 10.4 Å². The van der Waals surface area contributed by atoms with E-state index in [2.05, 4.69) is 5.32 Å². The molecule has 0 atom stereocenters. The predicted octanol–water partition coefficient (Wildman–Crippen LogP) is 4.18. The van der Waals surface area contributed by atoms with Gasteiger partial charge in [0.2, 0.25) is 5.55 Å². The van der Waals surface area contributed by atoms with Gasteiger partial charge in [-0.1, -0.05) is 23.2 Å². The summed E-state index contributed by atoms with van der Waals surface area (Å²) in [6.07, 6.45) is 0. The van der Waals surface area contributed by atoms with Crippen molar-refractivity contribution in [2.24, 2.45) is 0 Å². The van der Waals surface area contributed by atoms with Crippen LogP contribution in [0.4, 0.5) is 5.69 Å². The lowest BCUT2D eigenvalue weighted by Gasteiger charge is -2.07. The van der Waals surface area contributed by atoms with Crippen LogP contribution < -0.4 is 10.9 Å². The molecule has 0 unspecified atom stereocenters. The molecule has 1 aromatic heterocycles. The maximum Gasteiger partial charge on any atom is 0.261 e. The van der Waals surface area contributed by atoms with Gasteiger partial charge >= 0.3 is 0 Å². The zero-order valence-corrected chi connectivity index (χ0v) is 13.1. The molecule has 3 rings (SSSR count). The summed E-state index contributed by atoms with van der Waals surface area (Å²) in [4.78, 5) is 12.3. The fraction of sp³-hybridized carbons (Fsp3) is 0. The van der Waals surface area contributed by atoms with Crippen molar-refractivity contribution < 1.29 is 14.3 Å². The molecule has 0 saturated heterocycles. The predicted molar refractivity (Wildman–Crippen MR) is 88.1 cm³/mol. The van der Waals surface area contributed by atoms with E-state index in [1.54, 1.807) is 18.2 Å². The number of fused-ring (bicyclic) bond motifs is 1. The number of anilines is 1. The summed E-state index contributed by atoms with van der Waals surface area (Å²) in [5.41, 5.74) is 0.533. The first-order valence-electron chi connectivity index (χ1n) is 6.52. The summed E-state index contributed by atoms with van der Waals surface area (Å²) >= 11 is 11.7. The molecule has 2 aromatic carbocycles. The van der Waals surface area contributed by atoms with Crippen LogP contribution in [0.25, 0.3) is 11.0 Å². The van der Waals surface area contributed by atoms with Crippen LogP contribution in [0.2, 0.25) is 10.0 Å². The Kier molecular flexibility index (Phi) is 3.98. The van der Waals surface area contributed by atoms with Gasteiger partial charge in [-0.2, -0.15) is 0 Å². The Morgan fingerprint density at radius 2 is 1.87 bits per heavy atom. The van der Waals surface area contributed by atoms with Crippen LogP contribution >= 0.6 is 23.2 Å².